The van der Waals surface area contributed by atoms with Crippen molar-refractivity contribution in [2.75, 3.05) is 13.7 Å². The summed E-state index contributed by atoms with van der Waals surface area (Å²) in [6.45, 7) is 2.42. The predicted molar refractivity (Wildman–Crippen MR) is 40.2 cm³/mol. The maximum Gasteiger partial charge on any atom is 0.334 e. The molecular formula is C8H14O3. The molecule has 1 aliphatic carbocycles. The van der Waals surface area contributed by atoms with Crippen LogP contribution in [0.15, 0.2) is 0 Å². The van der Waals surface area contributed by atoms with Gasteiger partial charge >= 0.3 is 5.97 Å². The Morgan fingerprint density at radius 2 is 2.27 bits per heavy atom. The predicted octanol–water partition coefficient (Wildman–Crippen LogP) is 0.974. The van der Waals surface area contributed by atoms with Gasteiger partial charge in [-0.05, 0) is 25.7 Å². The molecule has 0 saturated heterocycles. The molecular weight excluding hydrogens is 144 g/mol. The van der Waals surface area contributed by atoms with E-state index in [1.54, 1.807) is 6.92 Å². The molecule has 1 rings (SSSR count). The van der Waals surface area contributed by atoms with Gasteiger partial charge in [-0.25, -0.2) is 4.79 Å². The summed E-state index contributed by atoms with van der Waals surface area (Å²) < 4.78 is 9.74. The Kier molecular flexibility index (Phi) is 2.88. The monoisotopic (exact) mass is 158 g/mol. The van der Waals surface area contributed by atoms with Crippen LogP contribution < -0.4 is 0 Å². The lowest BCUT2D eigenvalue weighted by Crippen LogP contribution is -2.22. The van der Waals surface area contributed by atoms with E-state index in [9.17, 15) is 4.79 Å². The van der Waals surface area contributed by atoms with Crippen LogP contribution in [0, 0.1) is 5.92 Å². The zero-order chi connectivity index (χ0) is 8.27. The normalized spacial score (nSPS) is 19.5. The quantitative estimate of drug-likeness (QED) is 0.572. The average molecular weight is 158 g/mol. The van der Waals surface area contributed by atoms with Gasteiger partial charge < -0.3 is 9.47 Å². The first-order valence-corrected chi connectivity index (χ1v) is 3.93. The number of hydrogen-bond donors (Lipinski definition) is 0. The summed E-state index contributed by atoms with van der Waals surface area (Å²) in [6.07, 6.45) is 2.09. The summed E-state index contributed by atoms with van der Waals surface area (Å²) >= 11 is 0. The van der Waals surface area contributed by atoms with Crippen LogP contribution in [0.2, 0.25) is 0 Å². The molecule has 0 amide bonds. The Morgan fingerprint density at radius 3 is 2.73 bits per heavy atom. The third-order valence-electron chi connectivity index (χ3n) is 1.81. The number of methoxy groups -OCH3 is 1. The molecule has 0 bridgehead atoms. The SMILES string of the molecule is COC(=O)[C@H](C)OCC1CC1. The number of rotatable bonds is 4. The molecule has 11 heavy (non-hydrogen) atoms. The molecule has 0 aliphatic heterocycles. The van der Waals surface area contributed by atoms with E-state index in [0.29, 0.717) is 12.5 Å². The highest BCUT2D eigenvalue weighted by molar-refractivity contribution is 5.73. The van der Waals surface area contributed by atoms with Crippen molar-refractivity contribution in [1.82, 2.24) is 0 Å². The van der Waals surface area contributed by atoms with Gasteiger partial charge in [-0.2, -0.15) is 0 Å². The summed E-state index contributed by atoms with van der Waals surface area (Å²) in [5.41, 5.74) is 0. The third kappa shape index (κ3) is 2.89. The molecule has 0 N–H and O–H groups in total. The van der Waals surface area contributed by atoms with Gasteiger partial charge in [0.05, 0.1) is 13.7 Å². The molecule has 3 nitrogen and oxygen atoms in total. The summed E-state index contributed by atoms with van der Waals surface area (Å²) in [6, 6.07) is 0. The van der Waals surface area contributed by atoms with E-state index in [2.05, 4.69) is 4.74 Å². The molecule has 0 heterocycles. The molecule has 0 spiro atoms. The summed E-state index contributed by atoms with van der Waals surface area (Å²) in [4.78, 5) is 10.8. The first-order chi connectivity index (χ1) is 5.24. The van der Waals surface area contributed by atoms with Crippen molar-refractivity contribution in [3.8, 4) is 0 Å². The topological polar surface area (TPSA) is 35.5 Å². The molecule has 1 fully saturated rings. The van der Waals surface area contributed by atoms with Crippen molar-refractivity contribution in [2.45, 2.75) is 25.9 Å². The van der Waals surface area contributed by atoms with Gasteiger partial charge in [0.2, 0.25) is 0 Å². The van der Waals surface area contributed by atoms with Gasteiger partial charge in [0.1, 0.15) is 0 Å². The number of esters is 1. The van der Waals surface area contributed by atoms with Gasteiger partial charge in [-0.3, -0.25) is 0 Å². The standard InChI is InChI=1S/C8H14O3/c1-6(8(9)10-2)11-5-7-3-4-7/h6-7H,3-5H2,1-2H3/t6-/m0/s1. The van der Waals surface area contributed by atoms with E-state index in [1.807, 2.05) is 0 Å². The summed E-state index contributed by atoms with van der Waals surface area (Å²) in [7, 11) is 1.37. The molecule has 3 heteroatoms. The maximum atomic E-state index is 10.8. The Labute approximate surface area is 66.7 Å². The molecule has 0 aromatic carbocycles. The molecule has 1 aliphatic rings. The van der Waals surface area contributed by atoms with Crippen molar-refractivity contribution < 1.29 is 14.3 Å². The second kappa shape index (κ2) is 3.72. The molecule has 0 unspecified atom stereocenters. The number of carbonyl (C=O) groups is 1. The minimum absolute atomic E-state index is 0.286. The minimum Gasteiger partial charge on any atom is -0.467 e. The van der Waals surface area contributed by atoms with Crippen molar-refractivity contribution in [3.05, 3.63) is 0 Å². The van der Waals surface area contributed by atoms with E-state index < -0.39 is 6.10 Å². The number of ether oxygens (including phenoxy) is 2. The van der Waals surface area contributed by atoms with E-state index in [-0.39, 0.29) is 5.97 Å². The van der Waals surface area contributed by atoms with Crippen LogP contribution in [0.1, 0.15) is 19.8 Å². The second-order valence-corrected chi connectivity index (χ2v) is 2.94. The zero-order valence-corrected chi connectivity index (χ0v) is 7.00. The van der Waals surface area contributed by atoms with Crippen LogP contribution in [0.25, 0.3) is 0 Å². The average Bonchev–Trinajstić information content (AvgIpc) is 2.81. The Balaban J connectivity index is 2.08. The van der Waals surface area contributed by atoms with Crippen LogP contribution >= 0.6 is 0 Å². The van der Waals surface area contributed by atoms with Crippen molar-refractivity contribution in [2.24, 2.45) is 5.92 Å². The molecule has 0 aromatic heterocycles. The molecule has 1 atom stereocenters. The Morgan fingerprint density at radius 1 is 1.64 bits per heavy atom. The van der Waals surface area contributed by atoms with E-state index >= 15 is 0 Å². The Bertz CT molecular complexity index is 140. The highest BCUT2D eigenvalue weighted by Gasteiger charge is 2.24. The summed E-state index contributed by atoms with van der Waals surface area (Å²) in [5, 5.41) is 0. The lowest BCUT2D eigenvalue weighted by molar-refractivity contribution is -0.153. The smallest absolute Gasteiger partial charge is 0.334 e. The number of hydrogen-bond acceptors (Lipinski definition) is 3. The van der Waals surface area contributed by atoms with Gasteiger partial charge in [-0.15, -0.1) is 0 Å². The maximum absolute atomic E-state index is 10.8. The van der Waals surface area contributed by atoms with Crippen LogP contribution in [-0.4, -0.2) is 25.8 Å². The highest BCUT2D eigenvalue weighted by atomic mass is 16.6. The van der Waals surface area contributed by atoms with Crippen molar-refractivity contribution in [3.63, 3.8) is 0 Å². The summed E-state index contributed by atoms with van der Waals surface area (Å²) in [5.74, 6) is 0.410. The molecule has 0 radical (unpaired) electrons. The van der Waals surface area contributed by atoms with Crippen LogP contribution in [0.5, 0.6) is 0 Å². The van der Waals surface area contributed by atoms with Crippen molar-refractivity contribution >= 4 is 5.97 Å². The third-order valence-corrected chi connectivity index (χ3v) is 1.81. The zero-order valence-electron chi connectivity index (χ0n) is 7.00. The fourth-order valence-corrected chi connectivity index (χ4v) is 0.799. The first-order valence-electron chi connectivity index (χ1n) is 3.93. The van der Waals surface area contributed by atoms with Gasteiger partial charge in [0, 0.05) is 0 Å². The fraction of sp³-hybridized carbons (Fsp3) is 0.875. The van der Waals surface area contributed by atoms with Gasteiger partial charge in [-0.1, -0.05) is 0 Å². The minimum atomic E-state index is -0.402. The lowest BCUT2D eigenvalue weighted by Gasteiger charge is -2.09. The van der Waals surface area contributed by atoms with Crippen molar-refractivity contribution in [1.29, 1.82) is 0 Å². The van der Waals surface area contributed by atoms with Crippen LogP contribution in [0.4, 0.5) is 0 Å². The molecule has 64 valence electrons. The van der Waals surface area contributed by atoms with E-state index in [1.165, 1.54) is 20.0 Å². The second-order valence-electron chi connectivity index (χ2n) is 2.94. The molecule has 0 aromatic rings. The van der Waals surface area contributed by atoms with Gasteiger partial charge in [0.25, 0.3) is 0 Å². The van der Waals surface area contributed by atoms with Crippen LogP contribution in [0.3, 0.4) is 0 Å². The molecule has 1 saturated carbocycles. The lowest BCUT2D eigenvalue weighted by atomic mass is 10.4. The largest absolute Gasteiger partial charge is 0.467 e. The van der Waals surface area contributed by atoms with Crippen LogP contribution in [-0.2, 0) is 14.3 Å². The van der Waals surface area contributed by atoms with E-state index in [4.69, 9.17) is 4.74 Å². The Hall–Kier alpha value is -0.570. The first kappa shape index (κ1) is 8.53. The fourth-order valence-electron chi connectivity index (χ4n) is 0.799. The van der Waals surface area contributed by atoms with E-state index in [0.717, 1.165) is 0 Å². The highest BCUT2D eigenvalue weighted by Crippen LogP contribution is 2.29. The number of carbonyl (C=O) groups excluding carboxylic acids is 1. The van der Waals surface area contributed by atoms with Gasteiger partial charge in [0.15, 0.2) is 6.10 Å².